The van der Waals surface area contributed by atoms with Gasteiger partial charge in [0.2, 0.25) is 5.91 Å². The zero-order valence-electron chi connectivity index (χ0n) is 24.8. The summed E-state index contributed by atoms with van der Waals surface area (Å²) in [5.74, 6) is -0.311. The summed E-state index contributed by atoms with van der Waals surface area (Å²) in [6.07, 6.45) is 5.53. The lowest BCUT2D eigenvalue weighted by Gasteiger charge is -2.32. The quantitative estimate of drug-likeness (QED) is 0.208. The number of likely N-dealkylation sites (N-methyl/N-ethyl adjacent to an activating group) is 1. The highest BCUT2D eigenvalue weighted by Gasteiger charge is 2.36. The van der Waals surface area contributed by atoms with E-state index in [4.69, 9.17) is 9.72 Å². The molecule has 2 aromatic carbocycles. The number of aryl methyl sites for hydroxylation is 2. The summed E-state index contributed by atoms with van der Waals surface area (Å²) < 4.78 is 4.99. The summed E-state index contributed by atoms with van der Waals surface area (Å²) >= 11 is 1.66. The molecule has 1 saturated carbocycles. The van der Waals surface area contributed by atoms with Crippen molar-refractivity contribution in [2.24, 2.45) is 5.92 Å². The molecule has 1 fully saturated rings. The van der Waals surface area contributed by atoms with Gasteiger partial charge in [0, 0.05) is 30.4 Å². The molecule has 1 unspecified atom stereocenters. The molecular weight excluding hydrogens is 544 g/mol. The van der Waals surface area contributed by atoms with E-state index in [0.717, 1.165) is 85.6 Å². The number of aromatic nitrogens is 3. The molecule has 0 aliphatic heterocycles. The van der Waals surface area contributed by atoms with Crippen LogP contribution in [-0.4, -0.2) is 52.9 Å². The second-order valence-corrected chi connectivity index (χ2v) is 12.7. The first-order valence-electron chi connectivity index (χ1n) is 14.6. The van der Waals surface area contributed by atoms with Crippen LogP contribution in [0.15, 0.2) is 48.5 Å². The molecule has 0 bridgehead atoms. The number of fused-ring (bicyclic) bond motifs is 2. The Bertz CT molecular complexity index is 1810. The van der Waals surface area contributed by atoms with Crippen LogP contribution in [-0.2, 0) is 9.53 Å². The number of rotatable bonds is 6. The molecule has 0 spiro atoms. The maximum Gasteiger partial charge on any atom is 0.337 e. The topological polar surface area (TPSA) is 88.2 Å². The first-order chi connectivity index (χ1) is 20.2. The third kappa shape index (κ3) is 5.09. The van der Waals surface area contributed by atoms with Crippen LogP contribution >= 0.6 is 11.3 Å². The van der Waals surface area contributed by atoms with Crippen molar-refractivity contribution in [1.29, 1.82) is 0 Å². The van der Waals surface area contributed by atoms with Gasteiger partial charge in [-0.1, -0.05) is 37.5 Å². The highest BCUT2D eigenvalue weighted by molar-refractivity contribution is 7.15. The first-order valence-corrected chi connectivity index (χ1v) is 15.4. The smallest absolute Gasteiger partial charge is 0.337 e. The van der Waals surface area contributed by atoms with Gasteiger partial charge in [-0.25, -0.2) is 14.8 Å². The van der Waals surface area contributed by atoms with Crippen molar-refractivity contribution in [1.82, 2.24) is 19.9 Å². The molecule has 0 saturated heterocycles. The number of hydrogen-bond acceptors (Lipinski definition) is 6. The molecule has 3 aromatic heterocycles. The van der Waals surface area contributed by atoms with E-state index in [0.29, 0.717) is 5.56 Å². The monoisotopic (exact) mass is 580 g/mol. The number of hydrogen-bond donors (Lipinski definition) is 1. The van der Waals surface area contributed by atoms with Gasteiger partial charge in [-0.2, -0.15) is 0 Å². The summed E-state index contributed by atoms with van der Waals surface area (Å²) in [7, 11) is 5.07. The molecule has 1 aliphatic rings. The standard InChI is InChI=1S/C34H36N4O3S/c1-19-32(42-20(2)35-19)27-16-12-22-17-23(13-15-26(22)36-27)31-30(25-14-11-24(34(40)41-5)18-28(25)37-31)29(33(39)38(3)4)21-9-7-6-8-10-21/h11-18,21,29,37H,6-10H2,1-5H3. The van der Waals surface area contributed by atoms with Crippen molar-refractivity contribution in [3.63, 3.8) is 0 Å². The predicted molar refractivity (Wildman–Crippen MR) is 169 cm³/mol. The summed E-state index contributed by atoms with van der Waals surface area (Å²) in [5.41, 5.74) is 7.02. The average molecular weight is 581 g/mol. The maximum absolute atomic E-state index is 13.9. The zero-order chi connectivity index (χ0) is 29.5. The lowest BCUT2D eigenvalue weighted by atomic mass is 9.75. The normalized spacial score (nSPS) is 14.8. The van der Waals surface area contributed by atoms with E-state index < -0.39 is 0 Å². The second-order valence-electron chi connectivity index (χ2n) is 11.5. The Balaban J connectivity index is 1.53. The van der Waals surface area contributed by atoms with E-state index in [-0.39, 0.29) is 23.7 Å². The number of nitrogens with zero attached hydrogens (tertiary/aromatic N) is 3. The van der Waals surface area contributed by atoms with Gasteiger partial charge in [-0.3, -0.25) is 4.79 Å². The van der Waals surface area contributed by atoms with Gasteiger partial charge in [0.25, 0.3) is 0 Å². The minimum Gasteiger partial charge on any atom is -0.465 e. The van der Waals surface area contributed by atoms with Gasteiger partial charge in [-0.05, 0) is 74.1 Å². The predicted octanol–water partition coefficient (Wildman–Crippen LogP) is 7.66. The third-order valence-electron chi connectivity index (χ3n) is 8.51. The number of amides is 1. The lowest BCUT2D eigenvalue weighted by molar-refractivity contribution is -0.131. The number of carbonyl (C=O) groups excluding carboxylic acids is 2. The molecule has 5 aromatic rings. The second kappa shape index (κ2) is 11.3. The van der Waals surface area contributed by atoms with Crippen LogP contribution in [0.25, 0.3) is 43.6 Å². The number of aromatic amines is 1. The number of carbonyl (C=O) groups is 2. The van der Waals surface area contributed by atoms with Crippen LogP contribution in [0.2, 0.25) is 0 Å². The summed E-state index contributed by atoms with van der Waals surface area (Å²) in [5, 5.41) is 3.01. The molecule has 8 heteroatoms. The SMILES string of the molecule is COC(=O)c1ccc2c(C(C(=O)N(C)C)C3CCCCC3)c(-c3ccc4nc(-c5sc(C)nc5C)ccc4c3)[nH]c2c1. The fourth-order valence-electron chi connectivity index (χ4n) is 6.50. The Morgan fingerprint density at radius 3 is 2.48 bits per heavy atom. The number of methoxy groups -OCH3 is 1. The maximum atomic E-state index is 13.9. The first kappa shape index (κ1) is 28.1. The Morgan fingerprint density at radius 2 is 1.79 bits per heavy atom. The largest absolute Gasteiger partial charge is 0.465 e. The van der Waals surface area contributed by atoms with Crippen LogP contribution in [0, 0.1) is 19.8 Å². The van der Waals surface area contributed by atoms with E-state index in [1.165, 1.54) is 13.5 Å². The molecule has 0 radical (unpaired) electrons. The third-order valence-corrected chi connectivity index (χ3v) is 9.61. The molecule has 7 nitrogen and oxygen atoms in total. The molecule has 1 amide bonds. The highest BCUT2D eigenvalue weighted by Crippen LogP contribution is 2.45. The van der Waals surface area contributed by atoms with Crippen molar-refractivity contribution in [3.8, 4) is 21.8 Å². The molecule has 1 N–H and O–H groups in total. The van der Waals surface area contributed by atoms with Crippen LogP contribution in [0.4, 0.5) is 0 Å². The van der Waals surface area contributed by atoms with Gasteiger partial charge in [0.15, 0.2) is 0 Å². The van der Waals surface area contributed by atoms with Gasteiger partial charge >= 0.3 is 5.97 Å². The molecule has 3 heterocycles. The lowest BCUT2D eigenvalue weighted by Crippen LogP contribution is -2.33. The number of esters is 1. The van der Waals surface area contributed by atoms with Crippen LogP contribution in [0.3, 0.4) is 0 Å². The van der Waals surface area contributed by atoms with Gasteiger partial charge in [0.1, 0.15) is 0 Å². The van der Waals surface area contributed by atoms with Gasteiger partial charge < -0.3 is 14.6 Å². The summed E-state index contributed by atoms with van der Waals surface area (Å²) in [4.78, 5) is 42.3. The number of nitrogens with one attached hydrogen (secondary N) is 1. The molecular formula is C34H36N4O3S. The van der Waals surface area contributed by atoms with Crippen molar-refractivity contribution in [3.05, 3.63) is 70.4 Å². The Kier molecular flexibility index (Phi) is 7.58. The van der Waals surface area contributed by atoms with Crippen LogP contribution < -0.4 is 0 Å². The minimum atomic E-state index is -0.387. The molecule has 6 rings (SSSR count). The number of ether oxygens (including phenoxy) is 1. The summed E-state index contributed by atoms with van der Waals surface area (Å²) in [6.45, 7) is 4.04. The molecule has 1 atom stereocenters. The van der Waals surface area contributed by atoms with Crippen LogP contribution in [0.5, 0.6) is 0 Å². The Morgan fingerprint density at radius 1 is 1.00 bits per heavy atom. The fraction of sp³-hybridized carbons (Fsp3) is 0.353. The number of benzene rings is 2. The van der Waals surface area contributed by atoms with Crippen molar-refractivity contribution < 1.29 is 14.3 Å². The van der Waals surface area contributed by atoms with Gasteiger partial charge in [-0.15, -0.1) is 11.3 Å². The Hall–Kier alpha value is -4.04. The van der Waals surface area contributed by atoms with E-state index in [2.05, 4.69) is 40.3 Å². The summed E-state index contributed by atoms with van der Waals surface area (Å²) in [6, 6.07) is 16.0. The number of H-pyrrole nitrogens is 1. The molecule has 42 heavy (non-hydrogen) atoms. The van der Waals surface area contributed by atoms with E-state index in [1.54, 1.807) is 22.3 Å². The van der Waals surface area contributed by atoms with Crippen molar-refractivity contribution in [2.75, 3.05) is 21.2 Å². The fourth-order valence-corrected chi connectivity index (χ4v) is 7.39. The zero-order valence-corrected chi connectivity index (χ0v) is 25.6. The van der Waals surface area contributed by atoms with Crippen molar-refractivity contribution >= 4 is 45.0 Å². The van der Waals surface area contributed by atoms with Gasteiger partial charge in [0.05, 0.1) is 51.1 Å². The van der Waals surface area contributed by atoms with E-state index in [9.17, 15) is 9.59 Å². The van der Waals surface area contributed by atoms with E-state index in [1.807, 2.05) is 40.1 Å². The number of pyridine rings is 1. The number of thiazole rings is 1. The minimum absolute atomic E-state index is 0.114. The highest BCUT2D eigenvalue weighted by atomic mass is 32.1. The Labute approximate surface area is 249 Å². The average Bonchev–Trinajstić information content (AvgIpc) is 3.55. The van der Waals surface area contributed by atoms with Crippen molar-refractivity contribution in [2.45, 2.75) is 51.9 Å². The van der Waals surface area contributed by atoms with E-state index >= 15 is 0 Å². The van der Waals surface area contributed by atoms with Crippen LogP contribution in [0.1, 0.15) is 64.6 Å². The molecule has 1 aliphatic carbocycles. The molecule has 216 valence electrons.